The van der Waals surface area contributed by atoms with E-state index in [1.54, 1.807) is 24.3 Å². The number of carboxylic acid groups (broad SMARTS) is 2. The van der Waals surface area contributed by atoms with Crippen LogP contribution in [-0.2, 0) is 0 Å². The normalized spacial score (nSPS) is 10.8. The average Bonchev–Trinajstić information content (AvgIpc) is 2.86. The molecule has 1 aromatic heterocycles. The molecule has 1 aromatic carbocycles. The summed E-state index contributed by atoms with van der Waals surface area (Å²) in [7, 11) is 0. The molecule has 0 spiro atoms. The second-order valence-electron chi connectivity index (χ2n) is 3.72. The van der Waals surface area contributed by atoms with Crippen LogP contribution in [0.25, 0.3) is 12.2 Å². The lowest BCUT2D eigenvalue weighted by Crippen LogP contribution is -1.97. The average molecular weight is 310 g/mol. The molecule has 0 bridgehead atoms. The minimum atomic E-state index is -1.10. The van der Waals surface area contributed by atoms with E-state index in [4.69, 9.17) is 21.8 Å². The summed E-state index contributed by atoms with van der Waals surface area (Å²) in [6.07, 6.45) is 3.18. The van der Waals surface area contributed by atoms with E-state index in [1.807, 2.05) is 0 Å². The molecule has 0 amide bonds. The highest BCUT2D eigenvalue weighted by atomic mass is 35.5. The third-order valence-electron chi connectivity index (χ3n) is 2.41. The van der Waals surface area contributed by atoms with Gasteiger partial charge < -0.3 is 10.2 Å². The fourth-order valence-corrected chi connectivity index (χ4v) is 2.42. The van der Waals surface area contributed by atoms with Gasteiger partial charge in [-0.2, -0.15) is 0 Å². The SMILES string of the molecule is O=C(O)c1csc(/C=C/c2cccc(C(=O)O)c2Cl)n1. The van der Waals surface area contributed by atoms with Crippen molar-refractivity contribution in [3.05, 3.63) is 50.4 Å². The molecule has 20 heavy (non-hydrogen) atoms. The number of carboxylic acids is 2. The third kappa shape index (κ3) is 3.04. The van der Waals surface area contributed by atoms with Crippen LogP contribution >= 0.6 is 22.9 Å². The second-order valence-corrected chi connectivity index (χ2v) is 4.99. The molecule has 0 aliphatic carbocycles. The van der Waals surface area contributed by atoms with Gasteiger partial charge in [-0.05, 0) is 17.7 Å². The molecule has 0 saturated heterocycles. The highest BCUT2D eigenvalue weighted by molar-refractivity contribution is 7.10. The monoisotopic (exact) mass is 309 g/mol. The van der Waals surface area contributed by atoms with Crippen molar-refractivity contribution in [3.63, 3.8) is 0 Å². The van der Waals surface area contributed by atoms with Crippen molar-refractivity contribution in [3.8, 4) is 0 Å². The predicted octanol–water partition coefficient (Wildman–Crippen LogP) is 3.36. The quantitative estimate of drug-likeness (QED) is 0.904. The Bertz CT molecular complexity index is 708. The third-order valence-corrected chi connectivity index (χ3v) is 3.64. The molecular weight excluding hydrogens is 302 g/mol. The number of benzene rings is 1. The number of aromatic carboxylic acids is 2. The van der Waals surface area contributed by atoms with E-state index in [9.17, 15) is 9.59 Å². The zero-order chi connectivity index (χ0) is 14.7. The minimum Gasteiger partial charge on any atom is -0.478 e. The van der Waals surface area contributed by atoms with Gasteiger partial charge in [0.15, 0.2) is 5.69 Å². The predicted molar refractivity (Wildman–Crippen MR) is 76.4 cm³/mol. The first-order valence-electron chi connectivity index (χ1n) is 5.37. The van der Waals surface area contributed by atoms with Crippen LogP contribution in [0, 0.1) is 0 Å². The molecule has 0 aliphatic heterocycles. The number of thiazole rings is 1. The van der Waals surface area contributed by atoms with Crippen LogP contribution in [0.3, 0.4) is 0 Å². The van der Waals surface area contributed by atoms with Crippen molar-refractivity contribution >= 4 is 47.0 Å². The summed E-state index contributed by atoms with van der Waals surface area (Å²) in [5, 5.41) is 19.8. The summed E-state index contributed by atoms with van der Waals surface area (Å²) in [4.78, 5) is 25.5. The van der Waals surface area contributed by atoms with E-state index in [-0.39, 0.29) is 16.3 Å². The van der Waals surface area contributed by atoms with Gasteiger partial charge in [0.1, 0.15) is 5.01 Å². The molecule has 2 rings (SSSR count). The lowest BCUT2D eigenvalue weighted by atomic mass is 10.1. The Morgan fingerprint density at radius 2 is 1.95 bits per heavy atom. The van der Waals surface area contributed by atoms with Crippen molar-refractivity contribution in [1.29, 1.82) is 0 Å². The molecule has 2 N–H and O–H groups in total. The molecule has 0 atom stereocenters. The Labute approximate surface area is 122 Å². The largest absolute Gasteiger partial charge is 0.478 e. The molecular formula is C13H8ClNO4S. The van der Waals surface area contributed by atoms with Gasteiger partial charge in [0.25, 0.3) is 0 Å². The number of hydrogen-bond acceptors (Lipinski definition) is 4. The standard InChI is InChI=1S/C13H8ClNO4S/c14-11-7(2-1-3-8(11)12(16)17)4-5-10-15-9(6-20-10)13(18)19/h1-6H,(H,16,17)(H,18,19)/b5-4+. The number of hydrogen-bond donors (Lipinski definition) is 2. The van der Waals surface area contributed by atoms with Crippen molar-refractivity contribution < 1.29 is 19.8 Å². The smallest absolute Gasteiger partial charge is 0.355 e. The van der Waals surface area contributed by atoms with Crippen molar-refractivity contribution in [1.82, 2.24) is 4.98 Å². The second kappa shape index (κ2) is 5.85. The van der Waals surface area contributed by atoms with Gasteiger partial charge in [0.05, 0.1) is 10.6 Å². The number of aromatic nitrogens is 1. The highest BCUT2D eigenvalue weighted by Crippen LogP contribution is 2.23. The van der Waals surface area contributed by atoms with Crippen LogP contribution in [0.15, 0.2) is 23.6 Å². The van der Waals surface area contributed by atoms with Crippen LogP contribution in [0.2, 0.25) is 5.02 Å². The van der Waals surface area contributed by atoms with Crippen molar-refractivity contribution in [2.75, 3.05) is 0 Å². The van der Waals surface area contributed by atoms with E-state index in [1.165, 1.54) is 22.8 Å². The fourth-order valence-electron chi connectivity index (χ4n) is 1.47. The number of rotatable bonds is 4. The van der Waals surface area contributed by atoms with Crippen molar-refractivity contribution in [2.45, 2.75) is 0 Å². The number of halogens is 1. The van der Waals surface area contributed by atoms with Crippen molar-refractivity contribution in [2.24, 2.45) is 0 Å². The maximum atomic E-state index is 10.9. The van der Waals surface area contributed by atoms with E-state index < -0.39 is 11.9 Å². The fraction of sp³-hybridized carbons (Fsp3) is 0. The molecule has 0 saturated carbocycles. The van der Waals surface area contributed by atoms with Crippen LogP contribution in [0.5, 0.6) is 0 Å². The van der Waals surface area contributed by atoms with Gasteiger partial charge in [0, 0.05) is 5.38 Å². The zero-order valence-corrected chi connectivity index (χ0v) is 11.5. The lowest BCUT2D eigenvalue weighted by molar-refractivity contribution is 0.0683. The van der Waals surface area contributed by atoms with Gasteiger partial charge in [-0.15, -0.1) is 11.3 Å². The Hall–Kier alpha value is -2.18. The first-order valence-corrected chi connectivity index (χ1v) is 6.63. The van der Waals surface area contributed by atoms with Crippen LogP contribution in [0.1, 0.15) is 31.4 Å². The summed E-state index contributed by atoms with van der Waals surface area (Å²) in [6, 6.07) is 4.66. The topological polar surface area (TPSA) is 87.5 Å². The summed E-state index contributed by atoms with van der Waals surface area (Å²) in [6.45, 7) is 0. The first kappa shape index (κ1) is 14.2. The molecule has 5 nitrogen and oxygen atoms in total. The lowest BCUT2D eigenvalue weighted by Gasteiger charge is -2.01. The maximum Gasteiger partial charge on any atom is 0.355 e. The zero-order valence-electron chi connectivity index (χ0n) is 9.91. The van der Waals surface area contributed by atoms with Crippen LogP contribution in [0.4, 0.5) is 0 Å². The molecule has 2 aromatic rings. The van der Waals surface area contributed by atoms with E-state index >= 15 is 0 Å². The summed E-state index contributed by atoms with van der Waals surface area (Å²) >= 11 is 7.16. The number of nitrogens with zero attached hydrogens (tertiary/aromatic N) is 1. The van der Waals surface area contributed by atoms with Crippen LogP contribution < -0.4 is 0 Å². The Balaban J connectivity index is 2.29. The van der Waals surface area contributed by atoms with Gasteiger partial charge in [-0.25, -0.2) is 14.6 Å². The molecule has 0 radical (unpaired) electrons. The van der Waals surface area contributed by atoms with E-state index in [0.717, 1.165) is 0 Å². The minimum absolute atomic E-state index is 0.0131. The van der Waals surface area contributed by atoms with Gasteiger partial charge in [-0.1, -0.05) is 29.8 Å². The number of carbonyl (C=O) groups is 2. The van der Waals surface area contributed by atoms with E-state index in [0.29, 0.717) is 10.6 Å². The first-order chi connectivity index (χ1) is 9.49. The summed E-state index contributed by atoms with van der Waals surface area (Å²) in [5.41, 5.74) is 0.512. The maximum absolute atomic E-state index is 10.9. The van der Waals surface area contributed by atoms with Gasteiger partial charge in [0.2, 0.25) is 0 Å². The van der Waals surface area contributed by atoms with Crippen LogP contribution in [-0.4, -0.2) is 27.1 Å². The Morgan fingerprint density at radius 1 is 1.20 bits per heavy atom. The summed E-state index contributed by atoms with van der Waals surface area (Å²) < 4.78 is 0. The Kier molecular flexibility index (Phi) is 4.16. The van der Waals surface area contributed by atoms with Gasteiger partial charge >= 0.3 is 11.9 Å². The molecule has 7 heteroatoms. The molecule has 102 valence electrons. The molecule has 1 heterocycles. The molecule has 0 aliphatic rings. The highest BCUT2D eigenvalue weighted by Gasteiger charge is 2.11. The molecule has 0 fully saturated rings. The van der Waals surface area contributed by atoms with Gasteiger partial charge in [-0.3, -0.25) is 0 Å². The summed E-state index contributed by atoms with van der Waals surface area (Å²) in [5.74, 6) is -2.19. The molecule has 0 unspecified atom stereocenters. The van der Waals surface area contributed by atoms with E-state index in [2.05, 4.69) is 4.98 Å². The Morgan fingerprint density at radius 3 is 2.55 bits per heavy atom.